The number of nitrogens with zero attached hydrogens (tertiary/aromatic N) is 3. The Bertz CT molecular complexity index is 2190. The minimum absolute atomic E-state index is 0.163. The topological polar surface area (TPSA) is 107 Å². The van der Waals surface area contributed by atoms with Crippen LogP contribution in [0, 0.1) is 0 Å². The van der Waals surface area contributed by atoms with Crippen molar-refractivity contribution in [2.24, 2.45) is 0 Å². The highest BCUT2D eigenvalue weighted by Crippen LogP contribution is 2.44. The second-order valence-corrected chi connectivity index (χ2v) is 11.0. The summed E-state index contributed by atoms with van der Waals surface area (Å²) in [5, 5.41) is 30.6. The number of hydrogen-bond acceptors (Lipinski definition) is 5. The van der Waals surface area contributed by atoms with E-state index in [2.05, 4.69) is 21.7 Å². The van der Waals surface area contributed by atoms with Crippen molar-refractivity contribution < 1.29 is 15.3 Å². The molecule has 7 heteroatoms. The molecule has 45 heavy (non-hydrogen) atoms. The molecule has 8 rings (SSSR count). The second-order valence-electron chi connectivity index (χ2n) is 11.0. The zero-order valence-corrected chi connectivity index (χ0v) is 23.9. The number of phenols is 3. The maximum absolute atomic E-state index is 10.2. The van der Waals surface area contributed by atoms with E-state index in [4.69, 9.17) is 9.97 Å². The van der Waals surface area contributed by atoms with Crippen molar-refractivity contribution in [2.45, 2.75) is 0 Å². The van der Waals surface area contributed by atoms with Crippen molar-refractivity contribution in [1.29, 1.82) is 0 Å². The highest BCUT2D eigenvalue weighted by atomic mass is 16.3. The van der Waals surface area contributed by atoms with E-state index in [1.165, 1.54) is 0 Å². The van der Waals surface area contributed by atoms with Crippen molar-refractivity contribution >= 4 is 46.4 Å². The van der Waals surface area contributed by atoms with Crippen LogP contribution in [0.4, 0.5) is 0 Å². The van der Waals surface area contributed by atoms with Gasteiger partial charge in [0.05, 0.1) is 33.8 Å². The molecule has 0 unspecified atom stereocenters. The maximum atomic E-state index is 10.2. The third-order valence-corrected chi connectivity index (χ3v) is 7.94. The number of rotatable bonds is 3. The van der Waals surface area contributed by atoms with Gasteiger partial charge in [-0.25, -0.2) is 9.97 Å². The van der Waals surface area contributed by atoms with Crippen molar-refractivity contribution in [2.75, 3.05) is 0 Å². The van der Waals surface area contributed by atoms with Crippen LogP contribution in [0.25, 0.3) is 74.3 Å². The van der Waals surface area contributed by atoms with E-state index in [1.54, 1.807) is 36.4 Å². The molecule has 3 aromatic carbocycles. The molecular formula is C38H26N4O3. The minimum atomic E-state index is 0.163. The Morgan fingerprint density at radius 2 is 0.822 bits per heavy atom. The van der Waals surface area contributed by atoms with Crippen LogP contribution in [0.3, 0.4) is 0 Å². The van der Waals surface area contributed by atoms with E-state index in [0.29, 0.717) is 0 Å². The van der Waals surface area contributed by atoms with Gasteiger partial charge in [0.15, 0.2) is 0 Å². The summed E-state index contributed by atoms with van der Waals surface area (Å²) in [6, 6.07) is 33.5. The Labute approximate surface area is 258 Å². The molecule has 6 aromatic rings. The first-order chi connectivity index (χ1) is 22.0. The second kappa shape index (κ2) is 10.4. The number of fused-ring (bicyclic) bond motifs is 8. The van der Waals surface area contributed by atoms with Gasteiger partial charge in [-0.05, 0) is 120 Å². The van der Waals surface area contributed by atoms with Crippen molar-refractivity contribution in [3.8, 4) is 45.2 Å². The summed E-state index contributed by atoms with van der Waals surface area (Å²) < 4.78 is 2.14. The molecule has 3 aromatic heterocycles. The predicted octanol–water partition coefficient (Wildman–Crippen LogP) is 8.57. The molecule has 0 saturated heterocycles. The van der Waals surface area contributed by atoms with Crippen molar-refractivity contribution in [3.05, 3.63) is 132 Å². The van der Waals surface area contributed by atoms with E-state index in [1.807, 2.05) is 85.0 Å². The first-order valence-corrected chi connectivity index (χ1v) is 14.5. The van der Waals surface area contributed by atoms with Crippen LogP contribution >= 0.6 is 0 Å². The van der Waals surface area contributed by atoms with Gasteiger partial charge in [0.1, 0.15) is 17.2 Å². The van der Waals surface area contributed by atoms with Crippen LogP contribution in [-0.4, -0.2) is 34.8 Å². The van der Waals surface area contributed by atoms with Gasteiger partial charge in [-0.1, -0.05) is 24.3 Å². The smallest absolute Gasteiger partial charge is 0.115 e. The highest BCUT2D eigenvalue weighted by molar-refractivity contribution is 6.05. The van der Waals surface area contributed by atoms with Gasteiger partial charge < -0.3 is 24.9 Å². The SMILES string of the molecule is Oc1ccc(-c2c(-c3ccc(O)cc3)c3cc4nc(cc5ccc(cc6nc(cc2n3-c2ccc(O)cc2)C=C6)[nH]5)C=C4)cc1. The van der Waals surface area contributed by atoms with Crippen LogP contribution in [0.2, 0.25) is 0 Å². The Morgan fingerprint density at radius 1 is 0.444 bits per heavy atom. The van der Waals surface area contributed by atoms with Gasteiger partial charge in [-0.3, -0.25) is 0 Å². The summed E-state index contributed by atoms with van der Waals surface area (Å²) in [6.07, 6.45) is 7.95. The number of H-pyrrole nitrogens is 1. The number of phenolic OH excluding ortho intramolecular Hbond substituents is 3. The minimum Gasteiger partial charge on any atom is -0.508 e. The fraction of sp³-hybridized carbons (Fsp3) is 0. The number of aromatic nitrogens is 4. The van der Waals surface area contributed by atoms with Crippen LogP contribution in [0.15, 0.2) is 109 Å². The fourth-order valence-electron chi connectivity index (χ4n) is 5.91. The Balaban J connectivity index is 1.62. The maximum Gasteiger partial charge on any atom is 0.115 e. The van der Waals surface area contributed by atoms with E-state index in [9.17, 15) is 15.3 Å². The summed E-state index contributed by atoms with van der Waals surface area (Å²) in [4.78, 5) is 13.3. The van der Waals surface area contributed by atoms with Crippen LogP contribution in [0.1, 0.15) is 22.8 Å². The molecule has 7 nitrogen and oxygen atoms in total. The summed E-state index contributed by atoms with van der Waals surface area (Å²) in [7, 11) is 0. The molecule has 216 valence electrons. The molecule has 0 spiro atoms. The third kappa shape index (κ3) is 4.92. The predicted molar refractivity (Wildman–Crippen MR) is 180 cm³/mol. The first kappa shape index (κ1) is 26.3. The number of nitrogens with one attached hydrogen (secondary N) is 1. The summed E-state index contributed by atoms with van der Waals surface area (Å²) >= 11 is 0. The lowest BCUT2D eigenvalue weighted by atomic mass is 9.96. The lowest BCUT2D eigenvalue weighted by Gasteiger charge is -2.08. The molecular weight excluding hydrogens is 560 g/mol. The summed E-state index contributed by atoms with van der Waals surface area (Å²) in [5.74, 6) is 0.498. The molecule has 8 bridgehead atoms. The van der Waals surface area contributed by atoms with E-state index in [-0.39, 0.29) is 17.2 Å². The number of aromatic amines is 1. The van der Waals surface area contributed by atoms with E-state index >= 15 is 0 Å². The number of hydrogen-bond donors (Lipinski definition) is 4. The summed E-state index contributed by atoms with van der Waals surface area (Å²) in [5.41, 5.74) is 11.1. The van der Waals surface area contributed by atoms with Gasteiger partial charge in [-0.15, -0.1) is 0 Å². The molecule has 0 saturated carbocycles. The molecule has 0 radical (unpaired) electrons. The standard InChI is InChI=1S/C38H26N4O3/c43-32-13-1-23(2-14-32)37-35-21-29-9-7-27(40-29)19-25-5-6-26(39-25)20-28-8-10-30(41-28)22-36(38(37)24-3-15-33(44)16-4-24)42(35)31-11-17-34(45)18-12-31/h1-22,39,43-45H. The quantitative estimate of drug-likeness (QED) is 0.166. The lowest BCUT2D eigenvalue weighted by molar-refractivity contribution is 0.475. The fourth-order valence-corrected chi connectivity index (χ4v) is 5.91. The van der Waals surface area contributed by atoms with Crippen LogP contribution in [0.5, 0.6) is 17.2 Å². The van der Waals surface area contributed by atoms with E-state index in [0.717, 1.165) is 72.8 Å². The van der Waals surface area contributed by atoms with Crippen molar-refractivity contribution in [1.82, 2.24) is 19.5 Å². The molecule has 0 amide bonds. The largest absolute Gasteiger partial charge is 0.508 e. The molecule has 0 atom stereocenters. The average molecular weight is 587 g/mol. The Kier molecular flexibility index (Phi) is 6.10. The van der Waals surface area contributed by atoms with Crippen molar-refractivity contribution in [3.63, 3.8) is 0 Å². The normalized spacial score (nSPS) is 12.1. The summed E-state index contributed by atoms with van der Waals surface area (Å²) in [6.45, 7) is 0. The molecule has 2 aliphatic heterocycles. The van der Waals surface area contributed by atoms with Gasteiger partial charge >= 0.3 is 0 Å². The van der Waals surface area contributed by atoms with Gasteiger partial charge in [0.25, 0.3) is 0 Å². The third-order valence-electron chi connectivity index (χ3n) is 7.94. The Hall–Kier alpha value is -6.34. The zero-order valence-electron chi connectivity index (χ0n) is 23.9. The van der Waals surface area contributed by atoms with Crippen LogP contribution < -0.4 is 0 Å². The molecule has 4 N–H and O–H groups in total. The first-order valence-electron chi connectivity index (χ1n) is 14.5. The molecule has 0 fully saturated rings. The molecule has 5 heterocycles. The number of benzene rings is 3. The highest BCUT2D eigenvalue weighted by Gasteiger charge is 2.22. The Morgan fingerprint density at radius 3 is 1.24 bits per heavy atom. The van der Waals surface area contributed by atoms with Gasteiger partial charge in [0, 0.05) is 27.8 Å². The van der Waals surface area contributed by atoms with E-state index < -0.39 is 0 Å². The zero-order chi connectivity index (χ0) is 30.5. The lowest BCUT2D eigenvalue weighted by Crippen LogP contribution is -1.94. The number of aromatic hydroxyl groups is 3. The van der Waals surface area contributed by atoms with Crippen LogP contribution in [-0.2, 0) is 0 Å². The monoisotopic (exact) mass is 586 g/mol. The van der Waals surface area contributed by atoms with Gasteiger partial charge in [-0.2, -0.15) is 0 Å². The molecule has 2 aliphatic rings. The average Bonchev–Trinajstić information content (AvgIpc) is 3.83. The van der Waals surface area contributed by atoms with Gasteiger partial charge in [0.2, 0.25) is 0 Å². The molecule has 0 aliphatic carbocycles.